The van der Waals surface area contributed by atoms with Gasteiger partial charge in [-0.1, -0.05) is 41.9 Å². The van der Waals surface area contributed by atoms with E-state index < -0.39 is 0 Å². The fourth-order valence-corrected chi connectivity index (χ4v) is 2.97. The monoisotopic (exact) mass is 300 g/mol. The highest BCUT2D eigenvalue weighted by molar-refractivity contribution is 6.33. The zero-order chi connectivity index (χ0) is 14.8. The number of rotatable bonds is 2. The number of carbonyl (C=O) groups excluding carboxylic acids is 1. The van der Waals surface area contributed by atoms with Crippen LogP contribution in [-0.2, 0) is 0 Å². The fourth-order valence-electron chi connectivity index (χ4n) is 2.78. The van der Waals surface area contributed by atoms with E-state index in [0.717, 1.165) is 19.5 Å². The molecular weight excluding hydrogens is 284 g/mol. The third-order valence-electron chi connectivity index (χ3n) is 3.99. The van der Waals surface area contributed by atoms with Gasteiger partial charge in [-0.15, -0.1) is 0 Å². The van der Waals surface area contributed by atoms with Crippen molar-refractivity contribution in [3.05, 3.63) is 64.7 Å². The fraction of sp³-hybridized carbons (Fsp3) is 0.235. The highest BCUT2D eigenvalue weighted by Crippen LogP contribution is 2.28. The van der Waals surface area contributed by atoms with Gasteiger partial charge >= 0.3 is 0 Å². The first-order valence-corrected chi connectivity index (χ1v) is 7.42. The predicted molar refractivity (Wildman–Crippen MR) is 85.6 cm³/mol. The summed E-state index contributed by atoms with van der Waals surface area (Å²) >= 11 is 5.99. The van der Waals surface area contributed by atoms with E-state index in [2.05, 4.69) is 12.1 Å². The van der Waals surface area contributed by atoms with Crippen molar-refractivity contribution < 1.29 is 4.79 Å². The van der Waals surface area contributed by atoms with Gasteiger partial charge in [0.2, 0.25) is 0 Å². The number of likely N-dealkylation sites (tertiary alicyclic amines) is 1. The number of benzene rings is 2. The number of nitrogens with zero attached hydrogens (tertiary/aromatic N) is 1. The molecule has 1 amide bonds. The first-order chi connectivity index (χ1) is 10.1. The number of hydrogen-bond acceptors (Lipinski definition) is 2. The van der Waals surface area contributed by atoms with E-state index in [9.17, 15) is 4.79 Å². The summed E-state index contributed by atoms with van der Waals surface area (Å²) in [6.45, 7) is 1.53. The van der Waals surface area contributed by atoms with Gasteiger partial charge in [-0.3, -0.25) is 4.79 Å². The molecule has 1 saturated heterocycles. The molecule has 0 saturated carbocycles. The van der Waals surface area contributed by atoms with Crippen molar-refractivity contribution in [2.24, 2.45) is 0 Å². The highest BCUT2D eigenvalue weighted by Gasteiger charge is 2.27. The predicted octanol–water partition coefficient (Wildman–Crippen LogP) is 3.55. The van der Waals surface area contributed by atoms with Gasteiger partial charge in [0.25, 0.3) is 5.91 Å². The van der Waals surface area contributed by atoms with Crippen molar-refractivity contribution >= 4 is 23.2 Å². The van der Waals surface area contributed by atoms with Gasteiger partial charge in [-0.05, 0) is 30.2 Å². The molecule has 1 aliphatic rings. The standard InChI is InChI=1S/C17H17ClN2O/c18-15-10-13(6-7-16(15)19)17(21)20-9-8-14(11-20)12-4-2-1-3-5-12/h1-7,10,14H,8-9,11,19H2. The SMILES string of the molecule is Nc1ccc(C(=O)N2CCC(c3ccccc3)C2)cc1Cl. The van der Waals surface area contributed by atoms with Crippen molar-refractivity contribution in [2.75, 3.05) is 18.8 Å². The lowest BCUT2D eigenvalue weighted by molar-refractivity contribution is 0.0791. The maximum Gasteiger partial charge on any atom is 0.253 e. The first kappa shape index (κ1) is 14.0. The van der Waals surface area contributed by atoms with Crippen LogP contribution in [0, 0.1) is 0 Å². The summed E-state index contributed by atoms with van der Waals surface area (Å²) in [7, 11) is 0. The van der Waals surface area contributed by atoms with Gasteiger partial charge in [0.15, 0.2) is 0 Å². The Bertz CT molecular complexity index is 657. The number of amides is 1. The molecular formula is C17H17ClN2O. The lowest BCUT2D eigenvalue weighted by Gasteiger charge is -2.17. The van der Waals surface area contributed by atoms with E-state index >= 15 is 0 Å². The average molecular weight is 301 g/mol. The number of halogens is 1. The summed E-state index contributed by atoms with van der Waals surface area (Å²) in [6.07, 6.45) is 0.998. The number of nitrogens with two attached hydrogens (primary N) is 1. The lowest BCUT2D eigenvalue weighted by atomic mass is 9.99. The molecule has 0 radical (unpaired) electrons. The Morgan fingerprint density at radius 1 is 1.19 bits per heavy atom. The van der Waals surface area contributed by atoms with Crippen molar-refractivity contribution in [3.63, 3.8) is 0 Å². The number of anilines is 1. The Balaban J connectivity index is 1.74. The molecule has 4 heteroatoms. The zero-order valence-corrected chi connectivity index (χ0v) is 12.4. The van der Waals surface area contributed by atoms with Crippen LogP contribution in [0.25, 0.3) is 0 Å². The topological polar surface area (TPSA) is 46.3 Å². The van der Waals surface area contributed by atoms with Gasteiger partial charge in [0.1, 0.15) is 0 Å². The van der Waals surface area contributed by atoms with Gasteiger partial charge in [0, 0.05) is 24.6 Å². The Morgan fingerprint density at radius 3 is 2.67 bits per heavy atom. The normalized spacial score (nSPS) is 18.0. The summed E-state index contributed by atoms with van der Waals surface area (Å²) in [5.74, 6) is 0.440. The van der Waals surface area contributed by atoms with Crippen molar-refractivity contribution in [1.29, 1.82) is 0 Å². The maximum absolute atomic E-state index is 12.5. The van der Waals surface area contributed by atoms with E-state index in [1.807, 2.05) is 23.1 Å². The summed E-state index contributed by atoms with van der Waals surface area (Å²) in [5, 5.41) is 0.430. The van der Waals surface area contributed by atoms with Gasteiger partial charge < -0.3 is 10.6 Å². The molecule has 1 aliphatic heterocycles. The molecule has 3 rings (SSSR count). The maximum atomic E-state index is 12.5. The van der Waals surface area contributed by atoms with Gasteiger partial charge in [-0.25, -0.2) is 0 Å². The van der Waals surface area contributed by atoms with Gasteiger partial charge in [0.05, 0.1) is 10.7 Å². The molecule has 1 fully saturated rings. The number of nitrogen functional groups attached to an aromatic ring is 1. The Morgan fingerprint density at radius 2 is 1.95 bits per heavy atom. The van der Waals surface area contributed by atoms with E-state index in [4.69, 9.17) is 17.3 Å². The minimum atomic E-state index is 0.0235. The van der Waals surface area contributed by atoms with Crippen LogP contribution < -0.4 is 5.73 Å². The molecule has 2 aromatic rings. The average Bonchev–Trinajstić information content (AvgIpc) is 3.00. The van der Waals surface area contributed by atoms with Crippen LogP contribution in [0.1, 0.15) is 28.3 Å². The minimum Gasteiger partial charge on any atom is -0.398 e. The summed E-state index contributed by atoms with van der Waals surface area (Å²) in [6, 6.07) is 15.4. The molecule has 0 aliphatic carbocycles. The number of carbonyl (C=O) groups is 1. The van der Waals surface area contributed by atoms with Crippen molar-refractivity contribution in [3.8, 4) is 0 Å². The van der Waals surface area contributed by atoms with Crippen LogP contribution in [0.3, 0.4) is 0 Å². The lowest BCUT2D eigenvalue weighted by Crippen LogP contribution is -2.28. The second kappa shape index (κ2) is 5.78. The summed E-state index contributed by atoms with van der Waals surface area (Å²) < 4.78 is 0. The molecule has 1 unspecified atom stereocenters. The number of hydrogen-bond donors (Lipinski definition) is 1. The largest absolute Gasteiger partial charge is 0.398 e. The van der Waals surface area contributed by atoms with Crippen molar-refractivity contribution in [1.82, 2.24) is 4.90 Å². The second-order valence-electron chi connectivity index (χ2n) is 5.38. The third kappa shape index (κ3) is 2.88. The molecule has 0 spiro atoms. The van der Waals surface area contributed by atoms with Crippen LogP contribution in [0.15, 0.2) is 48.5 Å². The smallest absolute Gasteiger partial charge is 0.253 e. The van der Waals surface area contributed by atoms with Crippen LogP contribution in [0.2, 0.25) is 5.02 Å². The molecule has 0 aromatic heterocycles. The first-order valence-electron chi connectivity index (χ1n) is 7.04. The molecule has 2 N–H and O–H groups in total. The molecule has 3 nitrogen and oxygen atoms in total. The second-order valence-corrected chi connectivity index (χ2v) is 5.79. The van der Waals surface area contributed by atoms with E-state index in [1.54, 1.807) is 18.2 Å². The Kier molecular flexibility index (Phi) is 3.84. The molecule has 2 aromatic carbocycles. The summed E-state index contributed by atoms with van der Waals surface area (Å²) in [4.78, 5) is 14.4. The molecule has 1 heterocycles. The zero-order valence-electron chi connectivity index (χ0n) is 11.6. The van der Waals surface area contributed by atoms with Crippen LogP contribution in [0.4, 0.5) is 5.69 Å². The van der Waals surface area contributed by atoms with Crippen LogP contribution >= 0.6 is 11.6 Å². The third-order valence-corrected chi connectivity index (χ3v) is 4.32. The van der Waals surface area contributed by atoms with E-state index in [1.165, 1.54) is 5.56 Å². The van der Waals surface area contributed by atoms with Gasteiger partial charge in [-0.2, -0.15) is 0 Å². The highest BCUT2D eigenvalue weighted by atomic mass is 35.5. The summed E-state index contributed by atoms with van der Waals surface area (Å²) in [5.41, 5.74) is 8.08. The molecule has 1 atom stereocenters. The Hall–Kier alpha value is -2.00. The molecule has 0 bridgehead atoms. The molecule has 21 heavy (non-hydrogen) atoms. The van der Waals surface area contributed by atoms with Crippen LogP contribution in [0.5, 0.6) is 0 Å². The Labute approximate surface area is 129 Å². The van der Waals surface area contributed by atoms with Crippen LogP contribution in [-0.4, -0.2) is 23.9 Å². The van der Waals surface area contributed by atoms with E-state index in [-0.39, 0.29) is 5.91 Å². The minimum absolute atomic E-state index is 0.0235. The quantitative estimate of drug-likeness (QED) is 0.862. The van der Waals surface area contributed by atoms with Crippen molar-refractivity contribution in [2.45, 2.75) is 12.3 Å². The van der Waals surface area contributed by atoms with E-state index in [0.29, 0.717) is 22.2 Å². The molecule has 108 valence electrons.